The van der Waals surface area contributed by atoms with Gasteiger partial charge in [-0.15, -0.1) is 0 Å². The summed E-state index contributed by atoms with van der Waals surface area (Å²) >= 11 is 0. The van der Waals surface area contributed by atoms with Gasteiger partial charge in [0.15, 0.2) is 5.82 Å². The largest absolute Gasteiger partial charge is 0.411 e. The van der Waals surface area contributed by atoms with Crippen molar-refractivity contribution in [2.75, 3.05) is 26.4 Å². The van der Waals surface area contributed by atoms with Gasteiger partial charge in [0.2, 0.25) is 5.89 Å². The van der Waals surface area contributed by atoms with Gasteiger partial charge >= 0.3 is 6.18 Å². The Morgan fingerprint density at radius 3 is 2.94 bits per heavy atom. The van der Waals surface area contributed by atoms with Gasteiger partial charge in [0, 0.05) is 6.54 Å². The minimum absolute atomic E-state index is 0.0848. The summed E-state index contributed by atoms with van der Waals surface area (Å²) in [5.41, 5.74) is 0. The van der Waals surface area contributed by atoms with E-state index in [1.54, 1.807) is 0 Å². The Kier molecular flexibility index (Phi) is 4.15. The maximum absolute atomic E-state index is 11.8. The van der Waals surface area contributed by atoms with Crippen molar-refractivity contribution in [2.45, 2.75) is 18.8 Å². The Hall–Kier alpha value is -1.19. The number of hydrogen-bond donors (Lipinski definition) is 1. The lowest BCUT2D eigenvalue weighted by Crippen LogP contribution is -2.34. The zero-order valence-corrected chi connectivity index (χ0v) is 9.37. The Morgan fingerprint density at radius 2 is 2.28 bits per heavy atom. The fraction of sp³-hybridized carbons (Fsp3) is 0.778. The molecule has 102 valence electrons. The first-order valence-corrected chi connectivity index (χ1v) is 5.33. The summed E-state index contributed by atoms with van der Waals surface area (Å²) in [6, 6.07) is -0.220. The molecule has 1 atom stereocenters. The van der Waals surface area contributed by atoms with Crippen molar-refractivity contribution in [1.29, 1.82) is 0 Å². The second-order valence-electron chi connectivity index (χ2n) is 3.74. The molecule has 1 fully saturated rings. The second kappa shape index (κ2) is 5.63. The van der Waals surface area contributed by atoms with E-state index in [0.717, 1.165) is 0 Å². The van der Waals surface area contributed by atoms with E-state index >= 15 is 0 Å². The standard InChI is InChI=1S/C9H12F3N3O3/c10-9(11,12)5-17-4-7-14-8(18-15-7)6-3-16-2-1-13-6/h6,13H,1-5H2. The van der Waals surface area contributed by atoms with Crippen molar-refractivity contribution in [3.63, 3.8) is 0 Å². The number of aromatic nitrogens is 2. The highest BCUT2D eigenvalue weighted by atomic mass is 19.4. The van der Waals surface area contributed by atoms with E-state index in [1.165, 1.54) is 0 Å². The Labute approximate surface area is 100 Å². The highest BCUT2D eigenvalue weighted by Gasteiger charge is 2.28. The predicted molar refractivity (Wildman–Crippen MR) is 51.6 cm³/mol. The molecule has 0 amide bonds. The van der Waals surface area contributed by atoms with Gasteiger partial charge in [0.25, 0.3) is 0 Å². The van der Waals surface area contributed by atoms with Gasteiger partial charge in [-0.05, 0) is 0 Å². The van der Waals surface area contributed by atoms with Crippen molar-refractivity contribution in [3.05, 3.63) is 11.7 Å². The lowest BCUT2D eigenvalue weighted by molar-refractivity contribution is -0.177. The summed E-state index contributed by atoms with van der Waals surface area (Å²) in [5.74, 6) is 0.377. The van der Waals surface area contributed by atoms with Crippen LogP contribution >= 0.6 is 0 Å². The first-order valence-electron chi connectivity index (χ1n) is 5.33. The van der Waals surface area contributed by atoms with Crippen LogP contribution in [0.25, 0.3) is 0 Å². The SMILES string of the molecule is FC(F)(F)COCc1noc(C2COCCN2)n1. The van der Waals surface area contributed by atoms with Gasteiger partial charge in [0.1, 0.15) is 19.3 Å². The zero-order chi connectivity index (χ0) is 13.0. The monoisotopic (exact) mass is 267 g/mol. The van der Waals surface area contributed by atoms with Crippen LogP contribution in [0.4, 0.5) is 13.2 Å². The molecule has 1 aromatic rings. The summed E-state index contributed by atoms with van der Waals surface area (Å²) < 4.78 is 50.1. The lowest BCUT2D eigenvalue weighted by atomic mass is 10.3. The number of hydrogen-bond acceptors (Lipinski definition) is 6. The van der Waals surface area contributed by atoms with Crippen LogP contribution in [0.2, 0.25) is 0 Å². The third-order valence-electron chi connectivity index (χ3n) is 2.20. The molecule has 2 rings (SSSR count). The molecule has 18 heavy (non-hydrogen) atoms. The van der Waals surface area contributed by atoms with Crippen LogP contribution in [0.15, 0.2) is 4.52 Å². The van der Waals surface area contributed by atoms with Crippen molar-refractivity contribution >= 4 is 0 Å². The number of nitrogens with one attached hydrogen (secondary N) is 1. The molecule has 1 unspecified atom stereocenters. The number of morpholine rings is 1. The fourth-order valence-corrected chi connectivity index (χ4v) is 1.45. The van der Waals surface area contributed by atoms with Crippen molar-refractivity contribution in [2.24, 2.45) is 0 Å². The number of halogens is 3. The molecule has 1 aromatic heterocycles. The molecular weight excluding hydrogens is 255 g/mol. The van der Waals surface area contributed by atoms with Crippen molar-refractivity contribution in [1.82, 2.24) is 15.5 Å². The molecule has 1 aliphatic heterocycles. The highest BCUT2D eigenvalue weighted by Crippen LogP contribution is 2.16. The van der Waals surface area contributed by atoms with E-state index in [9.17, 15) is 13.2 Å². The molecule has 2 heterocycles. The van der Waals surface area contributed by atoms with Crippen LogP contribution in [-0.4, -0.2) is 42.7 Å². The molecule has 0 spiro atoms. The molecule has 0 aromatic carbocycles. The minimum atomic E-state index is -4.36. The van der Waals surface area contributed by atoms with E-state index in [-0.39, 0.29) is 18.5 Å². The molecule has 0 radical (unpaired) electrons. The van der Waals surface area contributed by atoms with E-state index in [1.807, 2.05) is 0 Å². The molecule has 6 nitrogen and oxygen atoms in total. The number of rotatable bonds is 4. The van der Waals surface area contributed by atoms with Gasteiger partial charge in [-0.1, -0.05) is 5.16 Å². The summed E-state index contributed by atoms with van der Waals surface area (Å²) in [4.78, 5) is 3.94. The van der Waals surface area contributed by atoms with Crippen LogP contribution in [-0.2, 0) is 16.1 Å². The smallest absolute Gasteiger partial charge is 0.378 e. The predicted octanol–water partition coefficient (Wildman–Crippen LogP) is 0.809. The molecule has 1 N–H and O–H groups in total. The van der Waals surface area contributed by atoms with Gasteiger partial charge in [-0.25, -0.2) is 0 Å². The third-order valence-corrected chi connectivity index (χ3v) is 2.20. The third kappa shape index (κ3) is 3.93. The Morgan fingerprint density at radius 1 is 1.44 bits per heavy atom. The van der Waals surface area contributed by atoms with Crippen LogP contribution in [0, 0.1) is 0 Å². The molecular formula is C9H12F3N3O3. The maximum Gasteiger partial charge on any atom is 0.411 e. The number of ether oxygens (including phenoxy) is 2. The molecule has 9 heteroatoms. The molecule has 0 saturated carbocycles. The van der Waals surface area contributed by atoms with E-state index in [4.69, 9.17) is 9.26 Å². The Bertz CT molecular complexity index is 377. The van der Waals surface area contributed by atoms with E-state index in [2.05, 4.69) is 20.2 Å². The first-order chi connectivity index (χ1) is 8.54. The fourth-order valence-electron chi connectivity index (χ4n) is 1.45. The summed E-state index contributed by atoms with van der Waals surface area (Å²) in [5, 5.41) is 6.62. The van der Waals surface area contributed by atoms with Crippen molar-refractivity contribution in [3.8, 4) is 0 Å². The first kappa shape index (κ1) is 13.2. The number of alkyl halides is 3. The molecule has 0 bridgehead atoms. The quantitative estimate of drug-likeness (QED) is 0.870. The maximum atomic E-state index is 11.8. The normalized spacial score (nSPS) is 21.2. The van der Waals surface area contributed by atoms with Crippen LogP contribution < -0.4 is 5.32 Å². The van der Waals surface area contributed by atoms with Crippen LogP contribution in [0.1, 0.15) is 17.8 Å². The van der Waals surface area contributed by atoms with Gasteiger partial charge < -0.3 is 19.3 Å². The van der Waals surface area contributed by atoms with Crippen LogP contribution in [0.5, 0.6) is 0 Å². The lowest BCUT2D eigenvalue weighted by Gasteiger charge is -2.20. The summed E-state index contributed by atoms with van der Waals surface area (Å²) in [7, 11) is 0. The van der Waals surface area contributed by atoms with E-state index < -0.39 is 12.8 Å². The number of nitrogens with zero attached hydrogens (tertiary/aromatic N) is 2. The molecule has 0 aliphatic carbocycles. The molecule has 1 saturated heterocycles. The highest BCUT2D eigenvalue weighted by molar-refractivity contribution is 4.93. The Balaban J connectivity index is 1.82. The topological polar surface area (TPSA) is 69.4 Å². The van der Waals surface area contributed by atoms with Crippen molar-refractivity contribution < 1.29 is 27.2 Å². The average Bonchev–Trinajstić information content (AvgIpc) is 2.77. The van der Waals surface area contributed by atoms with Gasteiger partial charge in [0.05, 0.1) is 13.2 Å². The van der Waals surface area contributed by atoms with Gasteiger partial charge in [-0.2, -0.15) is 18.2 Å². The average molecular weight is 267 g/mol. The zero-order valence-electron chi connectivity index (χ0n) is 9.37. The minimum Gasteiger partial charge on any atom is -0.378 e. The van der Waals surface area contributed by atoms with E-state index in [0.29, 0.717) is 25.6 Å². The van der Waals surface area contributed by atoms with Crippen LogP contribution in [0.3, 0.4) is 0 Å². The van der Waals surface area contributed by atoms with Gasteiger partial charge in [-0.3, -0.25) is 0 Å². The second-order valence-corrected chi connectivity index (χ2v) is 3.74. The summed E-state index contributed by atoms with van der Waals surface area (Å²) in [6.45, 7) is -0.0115. The molecule has 1 aliphatic rings. The summed E-state index contributed by atoms with van der Waals surface area (Å²) in [6.07, 6.45) is -4.36.